The second-order valence-electron chi connectivity index (χ2n) is 13.2. The molecule has 0 bridgehead atoms. The van der Waals surface area contributed by atoms with Crippen molar-refractivity contribution in [1.82, 2.24) is 4.98 Å². The highest BCUT2D eigenvalue weighted by molar-refractivity contribution is 6.43. The molecule has 1 aromatic heterocycles. The predicted molar refractivity (Wildman–Crippen MR) is 173 cm³/mol. The van der Waals surface area contributed by atoms with E-state index in [0.29, 0.717) is 57.8 Å². The minimum atomic E-state index is -5.17. The largest absolute Gasteiger partial charge is 0.507 e. The first-order valence-corrected chi connectivity index (χ1v) is 16.1. The number of hydrogen-bond donors (Lipinski definition) is 2. The predicted octanol–water partition coefficient (Wildman–Crippen LogP) is 7.78. The molecular weight excluding hydrogens is 665 g/mol. The molecule has 3 heterocycles. The number of carbonyl (C=O) groups excluding carboxylic acids is 2. The number of alkyl halides is 6. The van der Waals surface area contributed by atoms with E-state index in [2.05, 4.69) is 4.98 Å². The van der Waals surface area contributed by atoms with Gasteiger partial charge in [0.05, 0.1) is 40.4 Å². The molecule has 2 fully saturated rings. The lowest BCUT2D eigenvalue weighted by Crippen LogP contribution is -2.46. The number of rotatable bonds is 6. The first-order valence-electron chi connectivity index (χ1n) is 16.1. The highest BCUT2D eigenvalue weighted by Gasteiger charge is 2.57. The fourth-order valence-electron chi connectivity index (χ4n) is 7.63. The van der Waals surface area contributed by atoms with E-state index in [1.807, 2.05) is 30.3 Å². The zero-order chi connectivity index (χ0) is 36.3. The number of fused-ring (bicyclic) bond motifs is 3. The number of hydrogen-bond acceptors (Lipinski definition) is 6. The van der Waals surface area contributed by atoms with Crippen molar-refractivity contribution in [2.45, 2.75) is 64.8 Å². The number of imide groups is 1. The summed E-state index contributed by atoms with van der Waals surface area (Å²) < 4.78 is 88.0. The number of pyridine rings is 1. The van der Waals surface area contributed by atoms with Crippen molar-refractivity contribution < 1.29 is 50.7 Å². The van der Waals surface area contributed by atoms with Crippen LogP contribution >= 0.6 is 0 Å². The average molecular weight is 698 g/mol. The molecule has 2 aromatic carbocycles. The van der Waals surface area contributed by atoms with Crippen LogP contribution in [0, 0.1) is 31.6 Å². The number of benzene rings is 2. The highest BCUT2D eigenvalue weighted by Crippen LogP contribution is 2.52. The van der Waals surface area contributed by atoms with Crippen molar-refractivity contribution >= 4 is 36.3 Å². The molecule has 7 nitrogen and oxygen atoms in total. The van der Waals surface area contributed by atoms with Crippen LogP contribution in [0.2, 0.25) is 6.32 Å². The number of anilines is 1. The fourth-order valence-corrected chi connectivity index (χ4v) is 7.63. The summed E-state index contributed by atoms with van der Waals surface area (Å²) in [4.78, 5) is 32.6. The zero-order valence-electron chi connectivity index (χ0n) is 27.3. The summed E-state index contributed by atoms with van der Waals surface area (Å²) in [6.45, 7) is 5.35. The Morgan fingerprint density at radius 1 is 0.960 bits per heavy atom. The van der Waals surface area contributed by atoms with Crippen molar-refractivity contribution in [1.29, 1.82) is 0 Å². The number of allylic oxidation sites excluding steroid dienone is 2. The van der Waals surface area contributed by atoms with Crippen LogP contribution in [0.3, 0.4) is 0 Å². The second kappa shape index (κ2) is 13.0. The summed E-state index contributed by atoms with van der Waals surface area (Å²) in [5.41, 5.74) is 1.06. The van der Waals surface area contributed by atoms with E-state index in [1.54, 1.807) is 33.0 Å². The van der Waals surface area contributed by atoms with Crippen LogP contribution in [0.15, 0.2) is 65.9 Å². The van der Waals surface area contributed by atoms with Gasteiger partial charge >= 0.3 is 19.5 Å². The van der Waals surface area contributed by atoms with Gasteiger partial charge in [0.25, 0.3) is 0 Å². The third kappa shape index (κ3) is 6.70. The van der Waals surface area contributed by atoms with Gasteiger partial charge in [-0.3, -0.25) is 14.6 Å². The lowest BCUT2D eigenvalue weighted by atomic mass is 9.58. The summed E-state index contributed by atoms with van der Waals surface area (Å²) in [6, 6.07) is 9.85. The van der Waals surface area contributed by atoms with Gasteiger partial charge in [-0.15, -0.1) is 0 Å². The van der Waals surface area contributed by atoms with E-state index in [4.69, 9.17) is 4.65 Å². The normalized spacial score (nSPS) is 23.0. The Morgan fingerprint density at radius 2 is 1.60 bits per heavy atom. The Kier molecular flexibility index (Phi) is 9.23. The topological polar surface area (TPSA) is 100.0 Å². The third-order valence-corrected chi connectivity index (χ3v) is 9.81. The van der Waals surface area contributed by atoms with Crippen molar-refractivity contribution in [2.24, 2.45) is 17.8 Å². The Morgan fingerprint density at radius 3 is 2.18 bits per heavy atom. The molecule has 262 valence electrons. The van der Waals surface area contributed by atoms with E-state index in [1.165, 1.54) is 0 Å². The summed E-state index contributed by atoms with van der Waals surface area (Å²) in [7, 11) is -1.34. The lowest BCUT2D eigenvalue weighted by Gasteiger charge is -2.42. The van der Waals surface area contributed by atoms with Crippen molar-refractivity contribution in [3.63, 3.8) is 0 Å². The molecular formula is C36H33BF6N2O5. The Balaban J connectivity index is 1.32. The van der Waals surface area contributed by atoms with Gasteiger partial charge in [0, 0.05) is 6.20 Å². The number of amides is 2. The first kappa shape index (κ1) is 35.4. The van der Waals surface area contributed by atoms with Crippen LogP contribution in [-0.4, -0.2) is 40.2 Å². The Labute approximate surface area is 284 Å². The quantitative estimate of drug-likeness (QED) is 0.118. The second-order valence-corrected chi connectivity index (χ2v) is 13.2. The summed E-state index contributed by atoms with van der Waals surface area (Å²) >= 11 is 0. The van der Waals surface area contributed by atoms with Gasteiger partial charge < -0.3 is 14.8 Å². The number of halogens is 6. The summed E-state index contributed by atoms with van der Waals surface area (Å²) in [6.07, 6.45) is -6.76. The standard InChI is InChI=1S/C36H33BF6N2O5/c1-18-12-26-31(34(48)45(33(26)47)25-15-23(35(38,39)40)14-24(16-25)36(41,42)43)27-17-37(49)50-29(30(18)27)8-7-22(28-6-4-5-9-44-28)13-21-10-19(2)32(46)20(3)11-21/h4-6,9-11,13-16,26-27,29,31,46,49H,7-8,12,17H2,1-3H3/b22-13-/t26-,27+,29-,31-/m1/s1. The highest BCUT2D eigenvalue weighted by atomic mass is 19.4. The minimum Gasteiger partial charge on any atom is -0.507 e. The molecule has 4 atom stereocenters. The molecule has 2 N–H and O–H groups in total. The molecule has 0 radical (unpaired) electrons. The lowest BCUT2D eigenvalue weighted by molar-refractivity contribution is -0.143. The molecule has 0 unspecified atom stereocenters. The molecule has 3 aromatic rings. The van der Waals surface area contributed by atoms with Crippen LogP contribution in [-0.2, 0) is 26.6 Å². The van der Waals surface area contributed by atoms with Crippen molar-refractivity contribution in [3.05, 3.63) is 99.4 Å². The molecule has 2 amide bonds. The smallest absolute Gasteiger partial charge is 0.455 e. The van der Waals surface area contributed by atoms with E-state index < -0.39 is 72.0 Å². The van der Waals surface area contributed by atoms with Gasteiger partial charge in [0.1, 0.15) is 5.75 Å². The summed E-state index contributed by atoms with van der Waals surface area (Å²) in [5, 5.41) is 21.1. The maximum absolute atomic E-state index is 13.9. The third-order valence-electron chi connectivity index (χ3n) is 9.81. The zero-order valence-corrected chi connectivity index (χ0v) is 27.3. The number of carbonyl (C=O) groups is 2. The van der Waals surface area contributed by atoms with Gasteiger partial charge in [0.15, 0.2) is 0 Å². The van der Waals surface area contributed by atoms with Gasteiger partial charge in [-0.25, -0.2) is 4.90 Å². The molecule has 0 saturated carbocycles. The molecule has 3 aliphatic rings. The number of nitrogens with zero attached hydrogens (tertiary/aromatic N) is 2. The van der Waals surface area contributed by atoms with E-state index >= 15 is 0 Å². The molecule has 6 rings (SSSR count). The van der Waals surface area contributed by atoms with Crippen molar-refractivity contribution in [2.75, 3.05) is 4.90 Å². The minimum absolute atomic E-state index is 0.0492. The molecule has 1 aliphatic carbocycles. The van der Waals surface area contributed by atoms with E-state index in [-0.39, 0.29) is 24.6 Å². The van der Waals surface area contributed by atoms with Gasteiger partial charge in [-0.1, -0.05) is 11.6 Å². The van der Waals surface area contributed by atoms with Gasteiger partial charge in [-0.05, 0) is 129 Å². The molecule has 2 saturated heterocycles. The maximum Gasteiger partial charge on any atom is 0.455 e. The molecule has 50 heavy (non-hydrogen) atoms. The average Bonchev–Trinajstić information content (AvgIpc) is 3.29. The Hall–Kier alpha value is -4.43. The fraction of sp³-hybridized carbons (Fsp3) is 0.361. The number of phenolic OH excluding ortho intramolecular Hbond substituents is 1. The molecule has 0 spiro atoms. The number of aromatic nitrogens is 1. The van der Waals surface area contributed by atoms with Crippen LogP contribution in [0.4, 0.5) is 32.0 Å². The van der Waals surface area contributed by atoms with Crippen LogP contribution in [0.5, 0.6) is 5.75 Å². The molecule has 14 heteroatoms. The number of aryl methyl sites for hydroxylation is 2. The Bertz CT molecular complexity index is 1850. The SMILES string of the molecule is CC1=C2[C@@H](CC/C(=C/c3cc(C)c(O)c(C)c3)c3ccccn3)OB(O)C[C@@H]2[C@@H]2C(=O)N(c3cc(C(F)(F)F)cc(C(F)(F)F)c3)C(=O)[C@@H]2C1. The summed E-state index contributed by atoms with van der Waals surface area (Å²) in [5.74, 6) is -4.48. The first-order chi connectivity index (χ1) is 23.4. The maximum atomic E-state index is 13.9. The van der Waals surface area contributed by atoms with Crippen LogP contribution in [0.25, 0.3) is 11.6 Å². The van der Waals surface area contributed by atoms with E-state index in [0.717, 1.165) is 11.1 Å². The number of aromatic hydroxyl groups is 1. The number of phenols is 1. The van der Waals surface area contributed by atoms with E-state index in [9.17, 15) is 46.1 Å². The van der Waals surface area contributed by atoms with Crippen LogP contribution in [0.1, 0.15) is 59.7 Å². The van der Waals surface area contributed by atoms with Gasteiger partial charge in [-0.2, -0.15) is 26.3 Å². The molecule has 2 aliphatic heterocycles. The van der Waals surface area contributed by atoms with Gasteiger partial charge in [0.2, 0.25) is 11.8 Å². The van der Waals surface area contributed by atoms with Crippen molar-refractivity contribution in [3.8, 4) is 5.75 Å². The monoisotopic (exact) mass is 698 g/mol. The van der Waals surface area contributed by atoms with Crippen LogP contribution < -0.4 is 4.90 Å².